The number of para-hydroxylation sites is 3. The topological polar surface area (TPSA) is 33.5 Å². The quantitative estimate of drug-likeness (QED) is 0.129. The molecule has 0 atom stereocenters. The molecule has 0 bridgehead atoms. The van der Waals surface area contributed by atoms with Crippen LogP contribution in [0.25, 0.3) is 83.3 Å². The molecule has 16 rings (SSSR count). The summed E-state index contributed by atoms with van der Waals surface area (Å²) in [5, 5.41) is 2.29. The first-order valence-corrected chi connectivity index (χ1v) is 30.5. The van der Waals surface area contributed by atoms with Gasteiger partial charge >= 0.3 is 0 Å². The summed E-state index contributed by atoms with van der Waals surface area (Å²) in [6.45, 7) is 7.37. The van der Waals surface area contributed by atoms with Gasteiger partial charge in [-0.2, -0.15) is 0 Å². The Kier molecular flexibility index (Phi) is 12.7. The summed E-state index contributed by atoms with van der Waals surface area (Å²) in [5.74, 6) is 2.34. The number of hydrogen-bond acceptors (Lipinski definition) is 4. The van der Waals surface area contributed by atoms with Gasteiger partial charge in [0.05, 0.1) is 33.5 Å². The average Bonchev–Trinajstić information content (AvgIpc) is 1.54. The SMILES string of the molecule is CC(C)(C)c1ccnc(-n2c3cc(Oc4cccc(N5CN(c6c(-c7ccccc7-c7ccccc7)cccc6-c6ccccc6-c6ccccc6)c6ccccc65)c4)ccc3c3ccc4c(c32)-c2ccccc2C4(c2ccccc2)c2ccccc2)c1. The van der Waals surface area contributed by atoms with Crippen molar-refractivity contribution >= 4 is 44.6 Å². The first-order chi connectivity index (χ1) is 43.3. The van der Waals surface area contributed by atoms with E-state index in [-0.39, 0.29) is 5.41 Å². The zero-order chi connectivity index (χ0) is 58.9. The molecule has 0 fully saturated rings. The average molecular weight is 1130 g/mol. The third kappa shape index (κ3) is 8.56. The molecule has 0 amide bonds. The maximum absolute atomic E-state index is 7.14. The Labute approximate surface area is 514 Å². The van der Waals surface area contributed by atoms with E-state index in [1.54, 1.807) is 0 Å². The smallest absolute Gasteiger partial charge is 0.137 e. The number of anilines is 4. The van der Waals surface area contributed by atoms with Crippen LogP contribution < -0.4 is 14.5 Å². The van der Waals surface area contributed by atoms with E-state index in [9.17, 15) is 0 Å². The largest absolute Gasteiger partial charge is 0.457 e. The van der Waals surface area contributed by atoms with E-state index in [0.29, 0.717) is 6.67 Å². The van der Waals surface area contributed by atoms with Crippen LogP contribution in [0.2, 0.25) is 0 Å². The Morgan fingerprint density at radius 3 is 1.53 bits per heavy atom. The molecular formula is C83H62N4O. The fourth-order valence-electron chi connectivity index (χ4n) is 14.2. The number of rotatable bonds is 11. The van der Waals surface area contributed by atoms with Gasteiger partial charge in [-0.25, -0.2) is 4.98 Å². The Bertz CT molecular complexity index is 4830. The molecule has 1 aliphatic carbocycles. The van der Waals surface area contributed by atoms with Crippen molar-refractivity contribution in [2.24, 2.45) is 0 Å². The number of nitrogens with zero attached hydrogens (tertiary/aromatic N) is 4. The van der Waals surface area contributed by atoms with Crippen molar-refractivity contribution in [1.29, 1.82) is 0 Å². The number of fused-ring (bicyclic) bond motifs is 8. The first-order valence-electron chi connectivity index (χ1n) is 30.5. The third-order valence-corrected chi connectivity index (χ3v) is 18.2. The lowest BCUT2D eigenvalue weighted by atomic mass is 9.67. The lowest BCUT2D eigenvalue weighted by Gasteiger charge is -2.33. The minimum atomic E-state index is -0.565. The summed E-state index contributed by atoms with van der Waals surface area (Å²) in [6, 6.07) is 110. The van der Waals surface area contributed by atoms with Gasteiger partial charge in [-0.05, 0) is 121 Å². The molecule has 5 nitrogen and oxygen atoms in total. The lowest BCUT2D eigenvalue weighted by molar-refractivity contribution is 0.483. The molecule has 5 heteroatoms. The van der Waals surface area contributed by atoms with Crippen molar-refractivity contribution in [1.82, 2.24) is 9.55 Å². The number of ether oxygens (including phenoxy) is 1. The minimum absolute atomic E-state index is 0.111. The molecule has 2 aliphatic rings. The molecule has 0 unspecified atom stereocenters. The summed E-state index contributed by atoms with van der Waals surface area (Å²) < 4.78 is 9.54. The molecule has 0 saturated heterocycles. The standard InChI is InChI=1S/C83H62N4O/c1-82(2,3)60-50-51-84-78(52-60)87-77-54-63(46-47-68(77)71-48-49-74-79(81(71)87)72-40-20-21-43-73(72)83(74,58-30-12-6-13-31-58)59-32-14-7-15-33-59)88-62-35-24-34-61(53-62)85-55-86(76-45-23-22-44-75(76)85)80-69(66-38-18-16-36-64(66)56-26-8-4-9-27-56)41-25-42-70(80)67-39-19-17-37-65(67)57-28-10-5-11-29-57/h4-54H,55H2,1-3H3. The van der Waals surface area contributed by atoms with Crippen LogP contribution >= 0.6 is 0 Å². The molecule has 420 valence electrons. The van der Waals surface area contributed by atoms with Crippen molar-refractivity contribution in [3.63, 3.8) is 0 Å². The summed E-state index contributed by atoms with van der Waals surface area (Å²) in [6.07, 6.45) is 1.97. The van der Waals surface area contributed by atoms with E-state index < -0.39 is 5.41 Å². The van der Waals surface area contributed by atoms with Crippen LogP contribution in [0.3, 0.4) is 0 Å². The number of hydrogen-bond donors (Lipinski definition) is 0. The van der Waals surface area contributed by atoms with Gasteiger partial charge in [0, 0.05) is 51.5 Å². The monoisotopic (exact) mass is 1130 g/mol. The van der Waals surface area contributed by atoms with Gasteiger partial charge in [0.1, 0.15) is 24.0 Å². The fourth-order valence-corrected chi connectivity index (χ4v) is 14.2. The molecule has 12 aromatic carbocycles. The number of aromatic nitrogens is 2. The predicted octanol–water partition coefficient (Wildman–Crippen LogP) is 21.5. The summed E-state index contributed by atoms with van der Waals surface area (Å²) in [7, 11) is 0. The zero-order valence-electron chi connectivity index (χ0n) is 49.3. The summed E-state index contributed by atoms with van der Waals surface area (Å²) in [5.41, 5.74) is 23.9. The zero-order valence-corrected chi connectivity index (χ0v) is 49.3. The van der Waals surface area contributed by atoms with Gasteiger partial charge in [0.15, 0.2) is 0 Å². The minimum Gasteiger partial charge on any atom is -0.457 e. The summed E-state index contributed by atoms with van der Waals surface area (Å²) >= 11 is 0. The fraction of sp³-hybridized carbons (Fsp3) is 0.0723. The molecule has 88 heavy (non-hydrogen) atoms. The van der Waals surface area contributed by atoms with Crippen molar-refractivity contribution in [3.8, 4) is 73.0 Å². The maximum atomic E-state index is 7.14. The second-order valence-corrected chi connectivity index (χ2v) is 24.2. The predicted molar refractivity (Wildman–Crippen MR) is 365 cm³/mol. The van der Waals surface area contributed by atoms with E-state index in [1.165, 1.54) is 72.3 Å². The molecule has 2 aromatic heterocycles. The third-order valence-electron chi connectivity index (χ3n) is 18.2. The molecule has 0 spiro atoms. The van der Waals surface area contributed by atoms with Crippen molar-refractivity contribution < 1.29 is 4.74 Å². The van der Waals surface area contributed by atoms with Gasteiger partial charge < -0.3 is 14.5 Å². The first kappa shape index (κ1) is 52.5. The van der Waals surface area contributed by atoms with Crippen LogP contribution in [0.5, 0.6) is 11.5 Å². The second-order valence-electron chi connectivity index (χ2n) is 24.2. The highest BCUT2D eigenvalue weighted by Crippen LogP contribution is 2.59. The van der Waals surface area contributed by atoms with E-state index >= 15 is 0 Å². The van der Waals surface area contributed by atoms with Crippen LogP contribution in [0.15, 0.2) is 310 Å². The van der Waals surface area contributed by atoms with E-state index in [4.69, 9.17) is 9.72 Å². The van der Waals surface area contributed by atoms with Crippen LogP contribution in [-0.2, 0) is 10.8 Å². The second kappa shape index (κ2) is 21.2. The number of pyridine rings is 1. The Morgan fingerprint density at radius 1 is 0.398 bits per heavy atom. The molecule has 0 N–H and O–H groups in total. The normalized spacial score (nSPS) is 13.2. The molecule has 0 saturated carbocycles. The van der Waals surface area contributed by atoms with Crippen molar-refractivity contribution in [3.05, 3.63) is 337 Å². The Balaban J connectivity index is 0.835. The molecule has 3 heterocycles. The van der Waals surface area contributed by atoms with E-state index in [1.807, 2.05) is 6.20 Å². The number of benzene rings is 12. The molecule has 1 aliphatic heterocycles. The molecule has 0 radical (unpaired) electrons. The van der Waals surface area contributed by atoms with Crippen LogP contribution in [-0.4, -0.2) is 16.2 Å². The summed E-state index contributed by atoms with van der Waals surface area (Å²) in [4.78, 5) is 10.2. The van der Waals surface area contributed by atoms with Gasteiger partial charge in [-0.15, -0.1) is 0 Å². The Morgan fingerprint density at radius 2 is 0.909 bits per heavy atom. The van der Waals surface area contributed by atoms with Crippen molar-refractivity contribution in [2.45, 2.75) is 31.6 Å². The molecule has 14 aromatic rings. The van der Waals surface area contributed by atoms with Crippen molar-refractivity contribution in [2.75, 3.05) is 16.5 Å². The lowest BCUT2D eigenvalue weighted by Crippen LogP contribution is -2.28. The van der Waals surface area contributed by atoms with E-state index in [2.05, 4.69) is 338 Å². The van der Waals surface area contributed by atoms with Crippen LogP contribution in [0.1, 0.15) is 48.6 Å². The van der Waals surface area contributed by atoms with Gasteiger partial charge in [-0.3, -0.25) is 4.57 Å². The van der Waals surface area contributed by atoms with Gasteiger partial charge in [-0.1, -0.05) is 263 Å². The van der Waals surface area contributed by atoms with E-state index in [0.717, 1.165) is 73.0 Å². The maximum Gasteiger partial charge on any atom is 0.137 e. The van der Waals surface area contributed by atoms with Crippen LogP contribution in [0, 0.1) is 0 Å². The highest BCUT2D eigenvalue weighted by Gasteiger charge is 2.47. The highest BCUT2D eigenvalue weighted by atomic mass is 16.5. The van der Waals surface area contributed by atoms with Crippen LogP contribution in [0.4, 0.5) is 22.7 Å². The molecular weight excluding hydrogens is 1070 g/mol. The van der Waals surface area contributed by atoms with Gasteiger partial charge in [0.25, 0.3) is 0 Å². The highest BCUT2D eigenvalue weighted by molar-refractivity contribution is 6.16. The Hall–Kier alpha value is -11.0. The van der Waals surface area contributed by atoms with Gasteiger partial charge in [0.2, 0.25) is 0 Å².